The van der Waals surface area contributed by atoms with Gasteiger partial charge in [-0.1, -0.05) is 6.58 Å². The Labute approximate surface area is 133 Å². The van der Waals surface area contributed by atoms with Crippen molar-refractivity contribution < 1.29 is 27.9 Å². The molecule has 0 saturated carbocycles. The first-order chi connectivity index (χ1) is 10.6. The van der Waals surface area contributed by atoms with Crippen LogP contribution in [0.15, 0.2) is 12.7 Å². The zero-order valence-corrected chi connectivity index (χ0v) is 13.2. The highest BCUT2D eigenvalue weighted by Gasteiger charge is 2.38. The molecular formula is C15H23F3N2O3. The first kappa shape index (κ1) is 19.5. The summed E-state index contributed by atoms with van der Waals surface area (Å²) in [6.07, 6.45) is -4.34. The van der Waals surface area contributed by atoms with Crippen LogP contribution < -0.4 is 0 Å². The molecule has 0 spiro atoms. The van der Waals surface area contributed by atoms with Crippen LogP contribution >= 0.6 is 0 Å². The highest BCUT2D eigenvalue weighted by Crippen LogP contribution is 2.32. The molecule has 2 amide bonds. The lowest BCUT2D eigenvalue weighted by atomic mass is 9.87. The molecule has 1 aliphatic heterocycles. The number of aliphatic hydroxyl groups is 1. The Morgan fingerprint density at radius 1 is 1.35 bits per heavy atom. The molecule has 0 atom stereocenters. The normalized spacial score (nSPS) is 17.7. The van der Waals surface area contributed by atoms with E-state index in [1.165, 1.54) is 9.80 Å². The molecule has 0 aliphatic carbocycles. The fourth-order valence-corrected chi connectivity index (χ4v) is 2.53. The van der Waals surface area contributed by atoms with E-state index in [2.05, 4.69) is 6.58 Å². The Balaban J connectivity index is 2.50. The number of carbonyl (C=O) groups is 2. The number of likely N-dealkylation sites (N-methyl/N-ethyl adjacent to an activating group) is 1. The van der Waals surface area contributed by atoms with Gasteiger partial charge in [0.15, 0.2) is 0 Å². The number of nitrogens with zero attached hydrogens (tertiary/aromatic N) is 2. The predicted octanol–water partition coefficient (Wildman–Crippen LogP) is 1.72. The molecule has 1 heterocycles. The molecule has 0 unspecified atom stereocenters. The third-order valence-electron chi connectivity index (χ3n) is 4.11. The van der Waals surface area contributed by atoms with E-state index in [0.29, 0.717) is 6.54 Å². The van der Waals surface area contributed by atoms with Gasteiger partial charge in [-0.3, -0.25) is 9.59 Å². The lowest BCUT2D eigenvalue weighted by molar-refractivity contribution is -0.154. The van der Waals surface area contributed by atoms with Gasteiger partial charge in [0, 0.05) is 26.1 Å². The molecule has 1 saturated heterocycles. The van der Waals surface area contributed by atoms with Crippen LogP contribution in [0, 0.1) is 0 Å². The van der Waals surface area contributed by atoms with Gasteiger partial charge < -0.3 is 14.9 Å². The highest BCUT2D eigenvalue weighted by molar-refractivity contribution is 5.90. The fourth-order valence-electron chi connectivity index (χ4n) is 2.53. The van der Waals surface area contributed by atoms with Gasteiger partial charge in [-0.15, -0.1) is 0 Å². The number of rotatable bonds is 6. The highest BCUT2D eigenvalue weighted by atomic mass is 19.4. The summed E-state index contributed by atoms with van der Waals surface area (Å²) in [4.78, 5) is 26.5. The summed E-state index contributed by atoms with van der Waals surface area (Å²) in [5, 5.41) is 10.2. The van der Waals surface area contributed by atoms with Gasteiger partial charge in [0.25, 0.3) is 0 Å². The Morgan fingerprint density at radius 3 is 2.35 bits per heavy atom. The van der Waals surface area contributed by atoms with Gasteiger partial charge in [0.05, 0.1) is 12.1 Å². The average molecular weight is 336 g/mol. The van der Waals surface area contributed by atoms with Crippen LogP contribution in [-0.2, 0) is 9.59 Å². The minimum Gasteiger partial charge on any atom is -0.390 e. The molecule has 5 nitrogen and oxygen atoms in total. The van der Waals surface area contributed by atoms with Crippen molar-refractivity contribution in [3.63, 3.8) is 0 Å². The minimum atomic E-state index is -4.30. The average Bonchev–Trinajstić information content (AvgIpc) is 2.50. The molecular weight excluding hydrogens is 313 g/mol. The summed E-state index contributed by atoms with van der Waals surface area (Å²) < 4.78 is 36.8. The molecule has 8 heteroatoms. The van der Waals surface area contributed by atoms with E-state index in [1.54, 1.807) is 6.92 Å². The van der Waals surface area contributed by atoms with E-state index in [9.17, 15) is 27.9 Å². The molecule has 0 aromatic carbocycles. The maximum absolute atomic E-state index is 12.3. The van der Waals surface area contributed by atoms with Gasteiger partial charge in [0.2, 0.25) is 11.8 Å². The summed E-state index contributed by atoms with van der Waals surface area (Å²) in [6.45, 7) is 5.75. The number of hydrogen-bond acceptors (Lipinski definition) is 3. The maximum Gasteiger partial charge on any atom is 0.389 e. The third kappa shape index (κ3) is 6.21. The first-order valence-corrected chi connectivity index (χ1v) is 7.58. The molecule has 1 aliphatic rings. The topological polar surface area (TPSA) is 60.9 Å². The van der Waals surface area contributed by atoms with Gasteiger partial charge in [-0.25, -0.2) is 0 Å². The predicted molar refractivity (Wildman–Crippen MR) is 78.5 cm³/mol. The molecule has 132 valence electrons. The summed E-state index contributed by atoms with van der Waals surface area (Å²) >= 11 is 0. The van der Waals surface area contributed by atoms with E-state index in [1.807, 2.05) is 0 Å². The molecule has 0 aromatic heterocycles. The molecule has 1 rings (SSSR count). The second kappa shape index (κ2) is 7.81. The molecule has 0 bridgehead atoms. The molecule has 0 radical (unpaired) electrons. The van der Waals surface area contributed by atoms with Gasteiger partial charge >= 0.3 is 6.18 Å². The van der Waals surface area contributed by atoms with E-state index in [0.717, 1.165) is 6.08 Å². The monoisotopic (exact) mass is 336 g/mol. The van der Waals surface area contributed by atoms with Crippen molar-refractivity contribution in [3.8, 4) is 0 Å². The van der Waals surface area contributed by atoms with Crippen molar-refractivity contribution in [1.82, 2.24) is 9.80 Å². The first-order valence-electron chi connectivity index (χ1n) is 7.58. The quantitative estimate of drug-likeness (QED) is 0.751. The van der Waals surface area contributed by atoms with E-state index in [4.69, 9.17) is 0 Å². The number of piperidine rings is 1. The molecule has 0 aromatic rings. The second-order valence-electron chi connectivity index (χ2n) is 5.78. The number of hydrogen-bond donors (Lipinski definition) is 1. The third-order valence-corrected chi connectivity index (χ3v) is 4.11. The number of amides is 2. The Hall–Kier alpha value is -1.57. The molecule has 1 fully saturated rings. The lowest BCUT2D eigenvalue weighted by Crippen LogP contribution is -2.50. The van der Waals surface area contributed by atoms with Crippen LogP contribution in [0.3, 0.4) is 0 Å². The molecule has 1 N–H and O–H groups in total. The largest absolute Gasteiger partial charge is 0.390 e. The van der Waals surface area contributed by atoms with E-state index in [-0.39, 0.29) is 50.7 Å². The van der Waals surface area contributed by atoms with Crippen LogP contribution in [0.1, 0.15) is 32.6 Å². The summed E-state index contributed by atoms with van der Waals surface area (Å²) in [5.41, 5.74) is -1.38. The fraction of sp³-hybridized carbons (Fsp3) is 0.733. The zero-order valence-electron chi connectivity index (χ0n) is 13.2. The smallest absolute Gasteiger partial charge is 0.389 e. The van der Waals surface area contributed by atoms with Crippen molar-refractivity contribution in [2.45, 2.75) is 44.4 Å². The Morgan fingerprint density at radius 2 is 1.91 bits per heavy atom. The number of halogens is 3. The summed E-state index contributed by atoms with van der Waals surface area (Å²) in [6, 6.07) is 0. The number of likely N-dealkylation sites (tertiary alicyclic amines) is 1. The number of carbonyl (C=O) groups excluding carboxylic acids is 2. The van der Waals surface area contributed by atoms with Crippen LogP contribution in [0.25, 0.3) is 0 Å². The van der Waals surface area contributed by atoms with Crippen LogP contribution in [0.2, 0.25) is 0 Å². The Kier molecular flexibility index (Phi) is 6.61. The van der Waals surface area contributed by atoms with Crippen molar-refractivity contribution in [2.75, 3.05) is 26.2 Å². The van der Waals surface area contributed by atoms with Crippen molar-refractivity contribution in [2.24, 2.45) is 0 Å². The zero-order chi connectivity index (χ0) is 17.7. The van der Waals surface area contributed by atoms with Crippen molar-refractivity contribution in [3.05, 3.63) is 12.7 Å². The van der Waals surface area contributed by atoms with Crippen molar-refractivity contribution in [1.29, 1.82) is 0 Å². The minimum absolute atomic E-state index is 0.0949. The second-order valence-corrected chi connectivity index (χ2v) is 5.78. The lowest BCUT2D eigenvalue weighted by Gasteiger charge is -2.39. The van der Waals surface area contributed by atoms with Crippen LogP contribution in [0.4, 0.5) is 13.2 Å². The van der Waals surface area contributed by atoms with E-state index < -0.39 is 18.2 Å². The Bertz CT molecular complexity index is 444. The summed E-state index contributed by atoms with van der Waals surface area (Å²) in [5.74, 6) is -0.625. The van der Waals surface area contributed by atoms with Crippen LogP contribution in [0.5, 0.6) is 0 Å². The standard InChI is InChI=1S/C15H23F3N2O3/c1-3-12(21)19(4-2)11-13(22)20-9-7-14(23,8-10-20)5-6-15(16,17)18/h3,23H,1,4-11H2,2H3. The van der Waals surface area contributed by atoms with Crippen molar-refractivity contribution >= 4 is 11.8 Å². The summed E-state index contributed by atoms with van der Waals surface area (Å²) in [7, 11) is 0. The van der Waals surface area contributed by atoms with Gasteiger partial charge in [0.1, 0.15) is 0 Å². The SMILES string of the molecule is C=CC(=O)N(CC)CC(=O)N1CCC(O)(CCC(F)(F)F)CC1. The van der Waals surface area contributed by atoms with Gasteiger partial charge in [-0.05, 0) is 32.3 Å². The van der Waals surface area contributed by atoms with Crippen LogP contribution in [-0.4, -0.2) is 64.7 Å². The number of alkyl halides is 3. The maximum atomic E-state index is 12.3. The molecule has 23 heavy (non-hydrogen) atoms. The van der Waals surface area contributed by atoms with E-state index >= 15 is 0 Å². The van der Waals surface area contributed by atoms with Gasteiger partial charge in [-0.2, -0.15) is 13.2 Å².